The average molecular weight is 423 g/mol. The van der Waals surface area contributed by atoms with Crippen molar-refractivity contribution in [1.29, 1.82) is 0 Å². The molecule has 140 valence electrons. The number of nitrogens with two attached hydrogens (primary N) is 1. The highest BCUT2D eigenvalue weighted by atomic mass is 32.2. The number of sulfonamides is 1. The number of hydrogen-bond acceptors (Lipinski definition) is 7. The Hall–Kier alpha value is -2.47. The Kier molecular flexibility index (Phi) is 5.46. The molecule has 0 unspecified atom stereocenters. The molecule has 11 heteroatoms. The number of nitrogens with zero attached hydrogens (tertiary/aromatic N) is 1. The molecule has 1 saturated heterocycles. The Morgan fingerprint density at radius 3 is 2.59 bits per heavy atom. The minimum atomic E-state index is -3.81. The largest absolute Gasteiger partial charge is 0.465 e. The highest BCUT2D eigenvalue weighted by Crippen LogP contribution is 2.32. The summed E-state index contributed by atoms with van der Waals surface area (Å²) < 4.78 is 27.9. The van der Waals surface area contributed by atoms with Crippen molar-refractivity contribution in [3.05, 3.63) is 53.3 Å². The summed E-state index contributed by atoms with van der Waals surface area (Å²) in [6, 6.07) is 8.75. The van der Waals surface area contributed by atoms with Crippen molar-refractivity contribution in [2.24, 2.45) is 5.14 Å². The van der Waals surface area contributed by atoms with Crippen molar-refractivity contribution in [2.75, 3.05) is 11.9 Å². The number of furan rings is 1. The molecule has 0 saturated carbocycles. The summed E-state index contributed by atoms with van der Waals surface area (Å²) in [5.74, 6) is -0.357. The van der Waals surface area contributed by atoms with E-state index in [1.54, 1.807) is 18.2 Å². The van der Waals surface area contributed by atoms with Gasteiger partial charge in [0.15, 0.2) is 0 Å². The van der Waals surface area contributed by atoms with Crippen LogP contribution in [0.25, 0.3) is 6.08 Å². The Balaban J connectivity index is 1.65. The van der Waals surface area contributed by atoms with Crippen molar-refractivity contribution in [3.8, 4) is 0 Å². The molecule has 1 aromatic heterocycles. The minimum Gasteiger partial charge on any atom is -0.465 e. The predicted octanol–water partition coefficient (Wildman–Crippen LogP) is 1.77. The number of thiocarbonyl (C=S) groups is 1. The first-order chi connectivity index (χ1) is 12.7. The van der Waals surface area contributed by atoms with Crippen LogP contribution in [-0.4, -0.2) is 36.0 Å². The fourth-order valence-electron chi connectivity index (χ4n) is 2.21. The van der Waals surface area contributed by atoms with Gasteiger partial charge in [-0.25, -0.2) is 13.6 Å². The SMILES string of the molecule is NS(=O)(=O)c1ccc(NC(=O)CN2C(=O)/C(=C/c3ccco3)SC2=S)cc1. The Morgan fingerprint density at radius 2 is 2.00 bits per heavy atom. The summed E-state index contributed by atoms with van der Waals surface area (Å²) in [5, 5.41) is 7.59. The zero-order valence-corrected chi connectivity index (χ0v) is 16.1. The number of thioether (sulfide) groups is 1. The zero-order chi connectivity index (χ0) is 19.6. The smallest absolute Gasteiger partial charge is 0.266 e. The molecule has 0 aliphatic carbocycles. The third-order valence-corrected chi connectivity index (χ3v) is 5.77. The van der Waals surface area contributed by atoms with Crippen molar-refractivity contribution < 1.29 is 22.4 Å². The number of amides is 2. The molecule has 27 heavy (non-hydrogen) atoms. The lowest BCUT2D eigenvalue weighted by Crippen LogP contribution is -2.36. The highest BCUT2D eigenvalue weighted by molar-refractivity contribution is 8.26. The molecule has 1 aliphatic heterocycles. The first kappa shape index (κ1) is 19.3. The summed E-state index contributed by atoms with van der Waals surface area (Å²) in [7, 11) is -3.81. The van der Waals surface area contributed by atoms with Gasteiger partial charge in [0.05, 0.1) is 16.1 Å². The van der Waals surface area contributed by atoms with Gasteiger partial charge in [0.2, 0.25) is 15.9 Å². The number of hydrogen-bond donors (Lipinski definition) is 2. The molecule has 1 aliphatic rings. The maximum Gasteiger partial charge on any atom is 0.266 e. The van der Waals surface area contributed by atoms with Crippen molar-refractivity contribution in [3.63, 3.8) is 0 Å². The van der Waals surface area contributed by atoms with Crippen LogP contribution in [0, 0.1) is 0 Å². The normalized spacial score (nSPS) is 16.2. The van der Waals surface area contributed by atoms with Crippen LogP contribution >= 0.6 is 24.0 Å². The lowest BCUT2D eigenvalue weighted by atomic mass is 10.3. The number of anilines is 1. The Labute approximate surface area is 164 Å². The maximum absolute atomic E-state index is 12.4. The summed E-state index contributed by atoms with van der Waals surface area (Å²) >= 11 is 6.25. The lowest BCUT2D eigenvalue weighted by molar-refractivity contribution is -0.126. The Morgan fingerprint density at radius 1 is 1.30 bits per heavy atom. The van der Waals surface area contributed by atoms with E-state index in [2.05, 4.69) is 5.32 Å². The average Bonchev–Trinajstić information content (AvgIpc) is 3.19. The van der Waals surface area contributed by atoms with Gasteiger partial charge in [-0.1, -0.05) is 24.0 Å². The van der Waals surface area contributed by atoms with Crippen LogP contribution in [0.4, 0.5) is 5.69 Å². The van der Waals surface area contributed by atoms with Crippen molar-refractivity contribution >= 4 is 61.9 Å². The standard InChI is InChI=1S/C16H13N3O5S3/c17-27(22,23)12-5-3-10(4-6-12)18-14(20)9-19-15(21)13(26-16(19)25)8-11-2-1-7-24-11/h1-8H,9H2,(H,18,20)(H2,17,22,23)/b13-8-. The molecule has 2 amide bonds. The fourth-order valence-corrected chi connectivity index (χ4v) is 3.96. The molecule has 1 fully saturated rings. The van der Waals surface area contributed by atoms with Gasteiger partial charge in [-0.05, 0) is 36.4 Å². The molecule has 8 nitrogen and oxygen atoms in total. The number of carbonyl (C=O) groups is 2. The summed E-state index contributed by atoms with van der Waals surface area (Å²) in [6.07, 6.45) is 3.05. The third-order valence-electron chi connectivity index (χ3n) is 3.46. The van der Waals surface area contributed by atoms with Gasteiger partial charge < -0.3 is 9.73 Å². The van der Waals surface area contributed by atoms with E-state index in [-0.39, 0.29) is 21.7 Å². The molecule has 1 aromatic carbocycles. The molecular formula is C16H13N3O5S3. The van der Waals surface area contributed by atoms with E-state index in [0.717, 1.165) is 11.8 Å². The predicted molar refractivity (Wildman–Crippen MR) is 105 cm³/mol. The van der Waals surface area contributed by atoms with Crippen LogP contribution in [0.1, 0.15) is 5.76 Å². The van der Waals surface area contributed by atoms with Crippen LogP contribution < -0.4 is 10.5 Å². The first-order valence-corrected chi connectivity index (χ1v) is 10.2. The lowest BCUT2D eigenvalue weighted by Gasteiger charge is -2.14. The summed E-state index contributed by atoms with van der Waals surface area (Å²) in [4.78, 5) is 26.1. The van der Waals surface area contributed by atoms with Gasteiger partial charge in [0, 0.05) is 11.8 Å². The zero-order valence-electron chi connectivity index (χ0n) is 13.6. The van der Waals surface area contributed by atoms with E-state index in [9.17, 15) is 18.0 Å². The van der Waals surface area contributed by atoms with Gasteiger partial charge >= 0.3 is 0 Å². The van der Waals surface area contributed by atoms with Gasteiger partial charge in [0.1, 0.15) is 16.6 Å². The molecule has 0 atom stereocenters. The van der Waals surface area contributed by atoms with E-state index < -0.39 is 15.9 Å². The fraction of sp³-hybridized carbons (Fsp3) is 0.0625. The topological polar surface area (TPSA) is 123 Å². The Bertz CT molecular complexity index is 1030. The third kappa shape index (κ3) is 4.63. The monoisotopic (exact) mass is 423 g/mol. The van der Waals surface area contributed by atoms with Gasteiger partial charge in [-0.2, -0.15) is 0 Å². The van der Waals surface area contributed by atoms with Gasteiger partial charge in [0.25, 0.3) is 5.91 Å². The van der Waals surface area contributed by atoms with Gasteiger partial charge in [-0.15, -0.1) is 0 Å². The van der Waals surface area contributed by atoms with Crippen LogP contribution in [0.5, 0.6) is 0 Å². The number of primary sulfonamides is 1. The molecule has 0 spiro atoms. The van der Waals surface area contributed by atoms with E-state index in [0.29, 0.717) is 16.4 Å². The summed E-state index contributed by atoms with van der Waals surface area (Å²) in [6.45, 7) is -0.267. The number of rotatable bonds is 5. The molecule has 3 N–H and O–H groups in total. The molecule has 3 rings (SSSR count). The van der Waals surface area contributed by atoms with Crippen molar-refractivity contribution in [2.45, 2.75) is 4.90 Å². The number of carbonyl (C=O) groups excluding carboxylic acids is 2. The molecule has 0 bridgehead atoms. The maximum atomic E-state index is 12.4. The molecular weight excluding hydrogens is 410 g/mol. The van der Waals surface area contributed by atoms with Crippen LogP contribution in [0.2, 0.25) is 0 Å². The van der Waals surface area contributed by atoms with E-state index >= 15 is 0 Å². The molecule has 2 heterocycles. The summed E-state index contributed by atoms with van der Waals surface area (Å²) in [5.41, 5.74) is 0.365. The first-order valence-electron chi connectivity index (χ1n) is 7.45. The second-order valence-corrected chi connectivity index (χ2v) is 8.64. The number of nitrogens with one attached hydrogen (secondary N) is 1. The van der Waals surface area contributed by atoms with Gasteiger partial charge in [-0.3, -0.25) is 14.5 Å². The molecule has 0 radical (unpaired) electrons. The molecule has 2 aromatic rings. The highest BCUT2D eigenvalue weighted by Gasteiger charge is 2.33. The van der Waals surface area contributed by atoms with E-state index in [1.807, 2.05) is 0 Å². The minimum absolute atomic E-state index is 0.0690. The second-order valence-electron chi connectivity index (χ2n) is 5.40. The second kappa shape index (κ2) is 7.64. The van der Waals surface area contributed by atoms with Crippen molar-refractivity contribution in [1.82, 2.24) is 4.90 Å². The van der Waals surface area contributed by atoms with E-state index in [4.69, 9.17) is 21.8 Å². The van der Waals surface area contributed by atoms with Crippen LogP contribution in [0.15, 0.2) is 56.9 Å². The van der Waals surface area contributed by atoms with E-state index in [1.165, 1.54) is 35.4 Å². The quantitative estimate of drug-likeness (QED) is 0.555. The van der Waals surface area contributed by atoms with Crippen LogP contribution in [-0.2, 0) is 19.6 Å². The van der Waals surface area contributed by atoms with Crippen LogP contribution in [0.3, 0.4) is 0 Å². The number of benzene rings is 1.